The molecule has 0 radical (unpaired) electrons. The van der Waals surface area contributed by atoms with E-state index in [1.807, 2.05) is 0 Å². The van der Waals surface area contributed by atoms with Gasteiger partial charge in [0.25, 0.3) is 0 Å². The van der Waals surface area contributed by atoms with Gasteiger partial charge in [-0.05, 0) is 43.2 Å². The molecule has 0 amide bonds. The summed E-state index contributed by atoms with van der Waals surface area (Å²) in [5.41, 5.74) is 0. The first-order chi connectivity index (χ1) is 14.6. The number of hydrogen-bond donors (Lipinski definition) is 0. The van der Waals surface area contributed by atoms with Crippen molar-refractivity contribution in [2.75, 3.05) is 0 Å². The van der Waals surface area contributed by atoms with Crippen molar-refractivity contribution in [2.24, 2.45) is 0 Å². The number of hydrogen-bond acceptors (Lipinski definition) is 5. The standard InChI is InChI=1S/C19H17F5NO5P/c1-11(19(26)28-12-8-5-9-12)25(24)31(27,29-13-6-3-2-4-7-13)30-15-10-14(20)16(21)18(23)17(15)22/h2-4,6-7,10-12H,5,8-9H2,1H3/t11?,31-/m1/s1. The Morgan fingerprint density at radius 1 is 1.06 bits per heavy atom. The summed E-state index contributed by atoms with van der Waals surface area (Å²) in [6.07, 6.45) is 1.57. The van der Waals surface area contributed by atoms with Crippen LogP contribution in [-0.4, -0.2) is 23.0 Å². The third-order valence-electron chi connectivity index (χ3n) is 4.48. The van der Waals surface area contributed by atoms with E-state index in [1.54, 1.807) is 6.07 Å². The molecule has 1 fully saturated rings. The van der Waals surface area contributed by atoms with E-state index in [-0.39, 0.29) is 11.8 Å². The molecular formula is C19H17F5NO5P. The molecule has 1 aliphatic carbocycles. The molecule has 1 saturated carbocycles. The Hall–Kier alpha value is -2.65. The lowest BCUT2D eigenvalue weighted by Gasteiger charge is -2.30. The molecular weight excluding hydrogens is 448 g/mol. The molecule has 2 atom stereocenters. The van der Waals surface area contributed by atoms with Crippen molar-refractivity contribution < 1.29 is 45.2 Å². The zero-order valence-electron chi connectivity index (χ0n) is 16.1. The minimum absolute atomic E-state index is 0.0416. The zero-order valence-corrected chi connectivity index (χ0v) is 17.0. The Bertz CT molecular complexity index is 1000. The summed E-state index contributed by atoms with van der Waals surface area (Å²) in [4.78, 5) is 11.5. The normalized spacial score (nSPS) is 16.9. The van der Waals surface area contributed by atoms with Crippen LogP contribution in [0, 0.1) is 23.3 Å². The fourth-order valence-corrected chi connectivity index (χ4v) is 3.98. The van der Waals surface area contributed by atoms with Gasteiger partial charge in [0.05, 0.1) is 0 Å². The highest BCUT2D eigenvalue weighted by Crippen LogP contribution is 2.54. The van der Waals surface area contributed by atoms with E-state index in [1.165, 1.54) is 24.3 Å². The van der Waals surface area contributed by atoms with Crippen molar-refractivity contribution in [3.63, 3.8) is 0 Å². The molecule has 1 unspecified atom stereocenters. The maximum atomic E-state index is 15.1. The molecule has 0 saturated heterocycles. The Morgan fingerprint density at radius 3 is 2.29 bits per heavy atom. The first-order valence-electron chi connectivity index (χ1n) is 9.15. The number of para-hydroxylation sites is 1. The third kappa shape index (κ3) is 4.99. The maximum absolute atomic E-state index is 15.1. The average Bonchev–Trinajstić information content (AvgIpc) is 2.72. The molecule has 168 valence electrons. The first kappa shape index (κ1) is 23.0. The van der Waals surface area contributed by atoms with Crippen molar-refractivity contribution >= 4 is 13.7 Å². The molecule has 0 spiro atoms. The lowest BCUT2D eigenvalue weighted by atomic mass is 9.96. The fourth-order valence-electron chi connectivity index (χ4n) is 2.50. The molecule has 2 aromatic rings. The number of nitrogens with zero attached hydrogens (tertiary/aromatic N) is 1. The van der Waals surface area contributed by atoms with Gasteiger partial charge in [-0.2, -0.15) is 4.39 Å². The van der Waals surface area contributed by atoms with Crippen LogP contribution in [0.15, 0.2) is 36.4 Å². The summed E-state index contributed by atoms with van der Waals surface area (Å²) >= 11 is 0. The van der Waals surface area contributed by atoms with Crippen LogP contribution in [0.5, 0.6) is 11.5 Å². The van der Waals surface area contributed by atoms with Crippen molar-refractivity contribution in [3.05, 3.63) is 59.7 Å². The average molecular weight is 465 g/mol. The van der Waals surface area contributed by atoms with Gasteiger partial charge in [0.1, 0.15) is 17.9 Å². The van der Waals surface area contributed by atoms with Gasteiger partial charge in [0.15, 0.2) is 17.4 Å². The molecule has 6 nitrogen and oxygen atoms in total. The second kappa shape index (κ2) is 9.23. The summed E-state index contributed by atoms with van der Waals surface area (Å²) in [7, 11) is -5.31. The van der Waals surface area contributed by atoms with E-state index in [4.69, 9.17) is 9.26 Å². The van der Waals surface area contributed by atoms with Crippen molar-refractivity contribution in [1.29, 1.82) is 0 Å². The van der Waals surface area contributed by atoms with Gasteiger partial charge in [0, 0.05) is 6.07 Å². The monoisotopic (exact) mass is 465 g/mol. The van der Waals surface area contributed by atoms with E-state index >= 15 is 4.48 Å². The lowest BCUT2D eigenvalue weighted by Crippen LogP contribution is -2.38. The number of benzene rings is 2. The van der Waals surface area contributed by atoms with Gasteiger partial charge in [-0.25, -0.2) is 17.7 Å². The number of rotatable bonds is 8. The molecule has 3 rings (SSSR count). The molecule has 1 aliphatic rings. The molecule has 31 heavy (non-hydrogen) atoms. The third-order valence-corrected chi connectivity index (χ3v) is 6.16. The fraction of sp³-hybridized carbons (Fsp3) is 0.316. The van der Waals surface area contributed by atoms with Crippen molar-refractivity contribution in [2.45, 2.75) is 38.3 Å². The highest BCUT2D eigenvalue weighted by Gasteiger charge is 2.46. The van der Waals surface area contributed by atoms with E-state index in [2.05, 4.69) is 4.52 Å². The van der Waals surface area contributed by atoms with Gasteiger partial charge < -0.3 is 13.8 Å². The number of esters is 1. The molecule has 0 aromatic heterocycles. The summed E-state index contributed by atoms with van der Waals surface area (Å²) in [6, 6.07) is 5.07. The van der Waals surface area contributed by atoms with Crippen LogP contribution in [0.3, 0.4) is 0 Å². The van der Waals surface area contributed by atoms with Crippen LogP contribution in [0.1, 0.15) is 26.2 Å². The molecule has 0 bridgehead atoms. The molecule has 2 aromatic carbocycles. The quantitative estimate of drug-likeness (QED) is 0.129. The highest BCUT2D eigenvalue weighted by molar-refractivity contribution is 7.52. The number of carbonyl (C=O) groups excluding carboxylic acids is 1. The Morgan fingerprint density at radius 2 is 1.71 bits per heavy atom. The number of carbonyl (C=O) groups is 1. The van der Waals surface area contributed by atoms with Gasteiger partial charge in [0.2, 0.25) is 11.6 Å². The Balaban J connectivity index is 1.93. The SMILES string of the molecule is CC(C(=O)OC1CCC1)N(F)[P@@](=O)(Oc1ccccc1)Oc1cc(F)c(F)c(F)c1F. The summed E-state index contributed by atoms with van der Waals surface area (Å²) in [5, 5.41) is 0. The van der Waals surface area contributed by atoms with Crippen LogP contribution in [0.25, 0.3) is 0 Å². The number of ether oxygens (including phenoxy) is 1. The zero-order chi connectivity index (χ0) is 22.8. The second-order valence-electron chi connectivity index (χ2n) is 6.72. The van der Waals surface area contributed by atoms with Crippen LogP contribution < -0.4 is 9.05 Å². The minimum Gasteiger partial charge on any atom is -0.461 e. The van der Waals surface area contributed by atoms with Gasteiger partial charge >= 0.3 is 13.7 Å². The van der Waals surface area contributed by atoms with Gasteiger partial charge in [-0.1, -0.05) is 18.2 Å². The van der Waals surface area contributed by atoms with E-state index in [9.17, 15) is 26.9 Å². The summed E-state index contributed by atoms with van der Waals surface area (Å²) in [6.45, 7) is 0.980. The van der Waals surface area contributed by atoms with Crippen LogP contribution >= 0.6 is 7.75 Å². The Kier molecular flexibility index (Phi) is 6.86. The predicted octanol–water partition coefficient (Wildman–Crippen LogP) is 5.48. The molecule has 12 heteroatoms. The maximum Gasteiger partial charge on any atom is 0.544 e. The van der Waals surface area contributed by atoms with Gasteiger partial charge in [-0.15, -0.1) is 4.48 Å². The second-order valence-corrected chi connectivity index (χ2v) is 8.40. The molecule has 0 aliphatic heterocycles. The van der Waals surface area contributed by atoms with Crippen LogP contribution in [-0.2, 0) is 14.1 Å². The summed E-state index contributed by atoms with van der Waals surface area (Å²) in [5.74, 6) is -11.1. The highest BCUT2D eigenvalue weighted by atomic mass is 31.2. The smallest absolute Gasteiger partial charge is 0.461 e. The van der Waals surface area contributed by atoms with Gasteiger partial charge in [-0.3, -0.25) is 4.79 Å². The molecule has 0 N–H and O–H groups in total. The van der Waals surface area contributed by atoms with Crippen LogP contribution in [0.2, 0.25) is 0 Å². The largest absolute Gasteiger partial charge is 0.544 e. The number of halogens is 5. The predicted molar refractivity (Wildman–Crippen MR) is 97.7 cm³/mol. The lowest BCUT2D eigenvalue weighted by molar-refractivity contribution is -0.161. The first-order valence-corrected chi connectivity index (χ1v) is 10.6. The summed E-state index contributed by atoms with van der Waals surface area (Å²) < 4.78 is 97.4. The van der Waals surface area contributed by atoms with Crippen molar-refractivity contribution in [3.8, 4) is 11.5 Å². The van der Waals surface area contributed by atoms with E-state index in [0.717, 1.165) is 13.3 Å². The molecule has 0 heterocycles. The Labute approximate surface area is 174 Å². The minimum atomic E-state index is -5.31. The van der Waals surface area contributed by atoms with E-state index in [0.29, 0.717) is 12.8 Å². The van der Waals surface area contributed by atoms with Crippen LogP contribution in [0.4, 0.5) is 22.0 Å². The topological polar surface area (TPSA) is 65.1 Å². The van der Waals surface area contributed by atoms with E-state index < -0.39 is 59.8 Å². The van der Waals surface area contributed by atoms with Crippen molar-refractivity contribution in [1.82, 2.24) is 4.89 Å².